The molecule has 1 saturated carbocycles. The number of aliphatic carboxylic acids is 1. The van der Waals surface area contributed by atoms with E-state index in [-0.39, 0.29) is 5.03 Å². The average Bonchev–Trinajstić information content (AvgIpc) is 2.86. The smallest absolute Gasteiger partial charge is 0.324 e. The van der Waals surface area contributed by atoms with Gasteiger partial charge >= 0.3 is 5.97 Å². The Morgan fingerprint density at radius 1 is 1.53 bits per heavy atom. The molecule has 0 amide bonds. The lowest BCUT2D eigenvalue weighted by Gasteiger charge is -2.35. The Bertz CT molecular complexity index is 545. The molecule has 3 N–H and O–H groups in total. The number of carbonyl (C=O) groups is 1. The first-order chi connectivity index (χ1) is 8.86. The Hall–Kier alpha value is -1.41. The van der Waals surface area contributed by atoms with Crippen LogP contribution in [0.15, 0.2) is 17.3 Å². The second-order valence-corrected chi connectivity index (χ2v) is 6.75. The van der Waals surface area contributed by atoms with Crippen LogP contribution in [0.3, 0.4) is 0 Å². The maximum Gasteiger partial charge on any atom is 0.324 e. The van der Waals surface area contributed by atoms with Crippen LogP contribution >= 0.6 is 0 Å². The zero-order chi connectivity index (χ0) is 14.1. The summed E-state index contributed by atoms with van der Waals surface area (Å²) < 4.78 is 26.5. The molecule has 0 unspecified atom stereocenters. The van der Waals surface area contributed by atoms with E-state index in [9.17, 15) is 18.3 Å². The highest BCUT2D eigenvalue weighted by atomic mass is 32.2. The van der Waals surface area contributed by atoms with Crippen molar-refractivity contribution in [2.75, 3.05) is 0 Å². The van der Waals surface area contributed by atoms with Gasteiger partial charge in [-0.15, -0.1) is 0 Å². The lowest BCUT2D eigenvalue weighted by molar-refractivity contribution is -0.145. The summed E-state index contributed by atoms with van der Waals surface area (Å²) in [7, 11) is -3.89. The third kappa shape index (κ3) is 2.79. The molecule has 0 aromatic carbocycles. The molecule has 19 heavy (non-hydrogen) atoms. The average molecular weight is 287 g/mol. The van der Waals surface area contributed by atoms with Gasteiger partial charge in [0.1, 0.15) is 5.54 Å². The molecule has 0 atom stereocenters. The molecule has 106 valence electrons. The fraction of sp³-hybridized carbons (Fsp3) is 0.636. The lowest BCUT2D eigenvalue weighted by Crippen LogP contribution is -2.56. The molecule has 1 heterocycles. The second-order valence-electron chi connectivity index (χ2n) is 5.10. The number of hydrogen-bond donors (Lipinski definition) is 3. The third-order valence-electron chi connectivity index (χ3n) is 3.63. The molecule has 1 aromatic heterocycles. The largest absolute Gasteiger partial charge is 0.480 e. The van der Waals surface area contributed by atoms with Gasteiger partial charge in [0.2, 0.25) is 0 Å². The highest BCUT2D eigenvalue weighted by Gasteiger charge is 2.44. The number of aromatic nitrogens is 2. The fourth-order valence-corrected chi connectivity index (χ4v) is 3.65. The molecule has 1 aliphatic rings. The van der Waals surface area contributed by atoms with E-state index in [4.69, 9.17) is 0 Å². The van der Waals surface area contributed by atoms with Crippen LogP contribution in [0.2, 0.25) is 0 Å². The molecular formula is C11H17N3O4S. The number of hydrogen-bond acceptors (Lipinski definition) is 4. The van der Waals surface area contributed by atoms with Gasteiger partial charge in [0.15, 0.2) is 5.03 Å². The summed E-state index contributed by atoms with van der Waals surface area (Å²) in [4.78, 5) is 11.5. The van der Waals surface area contributed by atoms with Crippen molar-refractivity contribution in [1.29, 1.82) is 0 Å². The van der Waals surface area contributed by atoms with Gasteiger partial charge in [-0.25, -0.2) is 8.42 Å². The molecule has 8 heteroatoms. The first-order valence-corrected chi connectivity index (χ1v) is 7.61. The van der Waals surface area contributed by atoms with E-state index in [2.05, 4.69) is 14.9 Å². The molecule has 1 aromatic rings. The third-order valence-corrected chi connectivity index (χ3v) is 5.10. The topological polar surface area (TPSA) is 112 Å². The van der Waals surface area contributed by atoms with Gasteiger partial charge in [-0.1, -0.05) is 6.92 Å². The summed E-state index contributed by atoms with van der Waals surface area (Å²) in [5.41, 5.74) is -1.41. The van der Waals surface area contributed by atoms with Crippen molar-refractivity contribution in [2.24, 2.45) is 5.92 Å². The van der Waals surface area contributed by atoms with Gasteiger partial charge in [0, 0.05) is 0 Å². The van der Waals surface area contributed by atoms with Crippen molar-refractivity contribution in [3.8, 4) is 0 Å². The highest BCUT2D eigenvalue weighted by Crippen LogP contribution is 2.33. The zero-order valence-corrected chi connectivity index (χ0v) is 11.4. The molecule has 0 aliphatic heterocycles. The Balaban J connectivity index is 2.25. The number of H-pyrrole nitrogens is 1. The molecule has 0 saturated heterocycles. The van der Waals surface area contributed by atoms with Crippen LogP contribution in [0.4, 0.5) is 0 Å². The Morgan fingerprint density at radius 2 is 2.16 bits per heavy atom. The quantitative estimate of drug-likeness (QED) is 0.755. The minimum Gasteiger partial charge on any atom is -0.480 e. The summed E-state index contributed by atoms with van der Waals surface area (Å²) in [6.45, 7) is 2.04. The standard InChI is InChI=1S/C11H17N3O4S/c1-8-2-5-11(6-3-8,10(15)16)14-19(17,18)9-4-7-12-13-9/h4,7-8,14H,2-3,5-6H2,1H3,(H,12,13)(H,15,16). The van der Waals surface area contributed by atoms with E-state index in [0.717, 1.165) is 0 Å². The van der Waals surface area contributed by atoms with E-state index in [1.165, 1.54) is 12.3 Å². The van der Waals surface area contributed by atoms with Crippen LogP contribution in [-0.2, 0) is 14.8 Å². The summed E-state index contributed by atoms with van der Waals surface area (Å²) >= 11 is 0. The minimum atomic E-state index is -3.89. The predicted molar refractivity (Wildman–Crippen MR) is 66.9 cm³/mol. The van der Waals surface area contributed by atoms with E-state index < -0.39 is 21.5 Å². The van der Waals surface area contributed by atoms with Crippen molar-refractivity contribution in [1.82, 2.24) is 14.9 Å². The van der Waals surface area contributed by atoms with Gasteiger partial charge in [0.25, 0.3) is 10.0 Å². The van der Waals surface area contributed by atoms with Gasteiger partial charge in [-0.05, 0) is 37.7 Å². The fourth-order valence-electron chi connectivity index (χ4n) is 2.32. The number of carboxylic acids is 1. The number of nitrogens with one attached hydrogen (secondary N) is 2. The first kappa shape index (κ1) is 14.0. The SMILES string of the molecule is CC1CCC(NS(=O)(=O)c2ccn[nH]2)(C(=O)O)CC1. The van der Waals surface area contributed by atoms with Crippen molar-refractivity contribution in [3.05, 3.63) is 12.3 Å². The van der Waals surface area contributed by atoms with Crippen LogP contribution in [0.5, 0.6) is 0 Å². The van der Waals surface area contributed by atoms with E-state index in [1.807, 2.05) is 6.92 Å². The number of nitrogens with zero attached hydrogens (tertiary/aromatic N) is 1. The van der Waals surface area contributed by atoms with Crippen LogP contribution < -0.4 is 4.72 Å². The number of sulfonamides is 1. The van der Waals surface area contributed by atoms with Crippen molar-refractivity contribution < 1.29 is 18.3 Å². The first-order valence-electron chi connectivity index (χ1n) is 6.12. The van der Waals surface area contributed by atoms with E-state index in [0.29, 0.717) is 31.6 Å². The summed E-state index contributed by atoms with van der Waals surface area (Å²) in [6.07, 6.45) is 3.30. The summed E-state index contributed by atoms with van der Waals surface area (Å²) in [6, 6.07) is 1.29. The Kier molecular flexibility index (Phi) is 3.64. The van der Waals surface area contributed by atoms with Gasteiger partial charge < -0.3 is 5.11 Å². The Labute approximate surface area is 111 Å². The van der Waals surface area contributed by atoms with Crippen LogP contribution in [-0.4, -0.2) is 35.2 Å². The second kappa shape index (κ2) is 4.93. The van der Waals surface area contributed by atoms with Crippen molar-refractivity contribution in [2.45, 2.75) is 43.2 Å². The van der Waals surface area contributed by atoms with Gasteiger partial charge in [-0.2, -0.15) is 9.82 Å². The van der Waals surface area contributed by atoms with Crippen LogP contribution in [0.25, 0.3) is 0 Å². The number of rotatable bonds is 4. The normalized spacial score (nSPS) is 28.2. The monoisotopic (exact) mass is 287 g/mol. The molecule has 2 rings (SSSR count). The number of aromatic amines is 1. The molecule has 0 radical (unpaired) electrons. The van der Waals surface area contributed by atoms with Crippen LogP contribution in [0.1, 0.15) is 32.6 Å². The number of carboxylic acid groups (broad SMARTS) is 1. The molecule has 1 aliphatic carbocycles. The van der Waals surface area contributed by atoms with E-state index >= 15 is 0 Å². The van der Waals surface area contributed by atoms with Crippen molar-refractivity contribution >= 4 is 16.0 Å². The predicted octanol–water partition coefficient (Wildman–Crippen LogP) is 0.721. The highest BCUT2D eigenvalue weighted by molar-refractivity contribution is 7.89. The van der Waals surface area contributed by atoms with Crippen molar-refractivity contribution in [3.63, 3.8) is 0 Å². The Morgan fingerprint density at radius 3 is 2.63 bits per heavy atom. The van der Waals surface area contributed by atoms with E-state index in [1.54, 1.807) is 0 Å². The molecular weight excluding hydrogens is 270 g/mol. The van der Waals surface area contributed by atoms with Gasteiger partial charge in [-0.3, -0.25) is 9.89 Å². The minimum absolute atomic E-state index is 0.119. The van der Waals surface area contributed by atoms with Gasteiger partial charge in [0.05, 0.1) is 6.20 Å². The maximum atomic E-state index is 12.1. The molecule has 0 bridgehead atoms. The molecule has 0 spiro atoms. The molecule has 1 fully saturated rings. The summed E-state index contributed by atoms with van der Waals surface area (Å²) in [5, 5.41) is 15.2. The van der Waals surface area contributed by atoms with Crippen LogP contribution in [0, 0.1) is 5.92 Å². The molecule has 7 nitrogen and oxygen atoms in total. The lowest BCUT2D eigenvalue weighted by atomic mass is 9.78. The summed E-state index contributed by atoms with van der Waals surface area (Å²) in [5.74, 6) is -0.702. The maximum absolute atomic E-state index is 12.1. The zero-order valence-electron chi connectivity index (χ0n) is 10.6.